The molecular formula is C28H32F3N5O2. The first-order valence-corrected chi connectivity index (χ1v) is 12.7. The van der Waals surface area contributed by atoms with Gasteiger partial charge in [0.05, 0.1) is 31.2 Å². The van der Waals surface area contributed by atoms with Crippen LogP contribution in [0.4, 0.5) is 18.9 Å². The summed E-state index contributed by atoms with van der Waals surface area (Å²) in [7, 11) is 1.87. The van der Waals surface area contributed by atoms with Crippen LogP contribution in [0.5, 0.6) is 0 Å². The lowest BCUT2D eigenvalue weighted by Gasteiger charge is -2.33. The molecule has 1 amide bonds. The Hall–Kier alpha value is -3.24. The SMILES string of the molecule is Cn1cnnc1[C@@H](c1cccc(N2Cc3c(cc(CNCC(C)(C)C)cc3C(F)(F)F)C2=O)c1)C1COC1. The molecule has 7 nitrogen and oxygen atoms in total. The second kappa shape index (κ2) is 9.81. The molecule has 3 heterocycles. The van der Waals surface area contributed by atoms with Crippen LogP contribution in [0.1, 0.15) is 65.1 Å². The molecule has 1 N–H and O–H groups in total. The zero-order chi connectivity index (χ0) is 27.2. The van der Waals surface area contributed by atoms with Gasteiger partial charge in [-0.05, 0) is 46.4 Å². The van der Waals surface area contributed by atoms with Crippen LogP contribution in [0.3, 0.4) is 0 Å². The molecule has 0 unspecified atom stereocenters. The van der Waals surface area contributed by atoms with Crippen molar-refractivity contribution in [2.45, 2.75) is 46.0 Å². The van der Waals surface area contributed by atoms with Crippen LogP contribution in [0.2, 0.25) is 0 Å². The van der Waals surface area contributed by atoms with Crippen LogP contribution in [0, 0.1) is 11.3 Å². The van der Waals surface area contributed by atoms with Crippen LogP contribution in [-0.4, -0.2) is 40.4 Å². The van der Waals surface area contributed by atoms with Gasteiger partial charge in [-0.15, -0.1) is 10.2 Å². The monoisotopic (exact) mass is 527 g/mol. The number of aryl methyl sites for hydroxylation is 1. The van der Waals surface area contributed by atoms with Crippen molar-refractivity contribution >= 4 is 11.6 Å². The largest absolute Gasteiger partial charge is 0.416 e. The number of fused-ring (bicyclic) bond motifs is 1. The predicted molar refractivity (Wildman–Crippen MR) is 137 cm³/mol. The number of anilines is 1. The number of alkyl halides is 3. The Morgan fingerprint density at radius 1 is 1.16 bits per heavy atom. The van der Waals surface area contributed by atoms with Gasteiger partial charge in [0.2, 0.25) is 0 Å². The highest BCUT2D eigenvalue weighted by atomic mass is 19.4. The Balaban J connectivity index is 1.47. The third-order valence-electron chi connectivity index (χ3n) is 7.09. The lowest BCUT2D eigenvalue weighted by atomic mass is 9.83. The fraction of sp³-hybridized carbons (Fsp3) is 0.464. The summed E-state index contributed by atoms with van der Waals surface area (Å²) in [4.78, 5) is 14.9. The Morgan fingerprint density at radius 2 is 1.92 bits per heavy atom. The van der Waals surface area contributed by atoms with E-state index in [1.54, 1.807) is 18.5 Å². The summed E-state index contributed by atoms with van der Waals surface area (Å²) in [5, 5.41) is 11.5. The number of hydrogen-bond acceptors (Lipinski definition) is 5. The maximum atomic E-state index is 14.1. The van der Waals surface area contributed by atoms with Crippen molar-refractivity contribution in [2.24, 2.45) is 18.4 Å². The number of nitrogens with one attached hydrogen (secondary N) is 1. The third-order valence-corrected chi connectivity index (χ3v) is 7.09. The molecule has 1 fully saturated rings. The van der Waals surface area contributed by atoms with Crippen LogP contribution in [0.15, 0.2) is 42.7 Å². The summed E-state index contributed by atoms with van der Waals surface area (Å²) in [6, 6.07) is 10.2. The molecule has 0 bridgehead atoms. The van der Waals surface area contributed by atoms with E-state index in [1.165, 1.54) is 11.0 Å². The minimum atomic E-state index is -4.57. The molecule has 1 atom stereocenters. The first-order valence-electron chi connectivity index (χ1n) is 12.7. The van der Waals surface area contributed by atoms with Crippen molar-refractivity contribution in [2.75, 3.05) is 24.7 Å². The Morgan fingerprint density at radius 3 is 2.53 bits per heavy atom. The smallest absolute Gasteiger partial charge is 0.381 e. The molecule has 0 saturated carbocycles. The van der Waals surface area contributed by atoms with Gasteiger partial charge in [0, 0.05) is 37.3 Å². The molecule has 202 valence electrons. The van der Waals surface area contributed by atoms with Crippen molar-refractivity contribution in [3.63, 3.8) is 0 Å². The first-order chi connectivity index (χ1) is 17.9. The fourth-order valence-electron chi connectivity index (χ4n) is 5.15. The number of carbonyl (C=O) groups excluding carboxylic acids is 1. The predicted octanol–water partition coefficient (Wildman–Crippen LogP) is 4.91. The molecule has 0 aliphatic carbocycles. The lowest BCUT2D eigenvalue weighted by Crippen LogP contribution is -2.35. The van der Waals surface area contributed by atoms with Crippen LogP contribution < -0.4 is 10.2 Å². The molecule has 3 aromatic rings. The van der Waals surface area contributed by atoms with Crippen LogP contribution >= 0.6 is 0 Å². The van der Waals surface area contributed by atoms with E-state index in [2.05, 4.69) is 15.5 Å². The summed E-state index contributed by atoms with van der Waals surface area (Å²) in [5.41, 5.74) is 1.26. The van der Waals surface area contributed by atoms with E-state index in [1.807, 2.05) is 50.6 Å². The van der Waals surface area contributed by atoms with Crippen molar-refractivity contribution in [1.29, 1.82) is 0 Å². The van der Waals surface area contributed by atoms with Gasteiger partial charge in [-0.1, -0.05) is 32.9 Å². The summed E-state index contributed by atoms with van der Waals surface area (Å²) in [6.07, 6.45) is -2.93. The third kappa shape index (κ3) is 5.19. The van der Waals surface area contributed by atoms with Crippen molar-refractivity contribution in [1.82, 2.24) is 20.1 Å². The number of carbonyl (C=O) groups is 1. The van der Waals surface area contributed by atoms with E-state index >= 15 is 0 Å². The minimum absolute atomic E-state index is 0.0182. The average Bonchev–Trinajstić information content (AvgIpc) is 3.37. The van der Waals surface area contributed by atoms with Gasteiger partial charge < -0.3 is 19.5 Å². The second-order valence-corrected chi connectivity index (χ2v) is 11.4. The molecule has 0 radical (unpaired) electrons. The van der Waals surface area contributed by atoms with Crippen molar-refractivity contribution < 1.29 is 22.7 Å². The van der Waals surface area contributed by atoms with E-state index in [0.717, 1.165) is 11.4 Å². The molecule has 10 heteroatoms. The lowest BCUT2D eigenvalue weighted by molar-refractivity contribution is -0.138. The zero-order valence-electron chi connectivity index (χ0n) is 22.0. The van der Waals surface area contributed by atoms with E-state index in [-0.39, 0.29) is 41.5 Å². The molecule has 2 aromatic carbocycles. The van der Waals surface area contributed by atoms with Gasteiger partial charge in [-0.3, -0.25) is 4.79 Å². The Kier molecular flexibility index (Phi) is 6.81. The number of benzene rings is 2. The molecule has 5 rings (SSSR count). The Labute approximate surface area is 220 Å². The van der Waals surface area contributed by atoms with Crippen molar-refractivity contribution in [3.8, 4) is 0 Å². The first kappa shape index (κ1) is 26.4. The standard InChI is InChI=1S/C28H32F3N5O2/c1-27(2,3)15-32-11-17-8-21-22(23(9-17)28(29,30)31)12-36(26(21)37)20-7-5-6-18(10-20)24(19-13-38-14-19)25-34-33-16-35(25)4/h5-10,16,19,24,32H,11-15H2,1-4H3/t24-/m0/s1. The van der Waals surface area contributed by atoms with Crippen molar-refractivity contribution in [3.05, 3.63) is 76.4 Å². The van der Waals surface area contributed by atoms with Crippen LogP contribution in [0.25, 0.3) is 0 Å². The maximum absolute atomic E-state index is 14.1. The number of nitrogens with zero attached hydrogens (tertiary/aromatic N) is 4. The number of rotatable bonds is 7. The number of ether oxygens (including phenoxy) is 1. The van der Waals surface area contributed by atoms with E-state index in [9.17, 15) is 18.0 Å². The van der Waals surface area contributed by atoms with Gasteiger partial charge in [0.15, 0.2) is 0 Å². The van der Waals surface area contributed by atoms with Gasteiger partial charge in [0.1, 0.15) is 12.2 Å². The topological polar surface area (TPSA) is 72.3 Å². The van der Waals surface area contributed by atoms with Gasteiger partial charge in [-0.25, -0.2) is 0 Å². The minimum Gasteiger partial charge on any atom is -0.381 e. The summed E-state index contributed by atoms with van der Waals surface area (Å²) >= 11 is 0. The van der Waals surface area contributed by atoms with Gasteiger partial charge >= 0.3 is 6.18 Å². The number of hydrogen-bond donors (Lipinski definition) is 1. The highest BCUT2D eigenvalue weighted by Gasteiger charge is 2.41. The number of halogens is 3. The molecule has 0 spiro atoms. The summed E-state index contributed by atoms with van der Waals surface area (Å²) in [6.45, 7) is 8.05. The quantitative estimate of drug-likeness (QED) is 0.473. The molecular weight excluding hydrogens is 495 g/mol. The molecule has 38 heavy (non-hydrogen) atoms. The molecule has 1 saturated heterocycles. The fourth-order valence-corrected chi connectivity index (χ4v) is 5.15. The second-order valence-electron chi connectivity index (χ2n) is 11.4. The van der Waals surface area contributed by atoms with Gasteiger partial charge in [0.25, 0.3) is 5.91 Å². The highest BCUT2D eigenvalue weighted by Crippen LogP contribution is 2.41. The van der Waals surface area contributed by atoms with Crippen LogP contribution in [-0.2, 0) is 31.1 Å². The average molecular weight is 528 g/mol. The number of amides is 1. The molecule has 1 aromatic heterocycles. The van der Waals surface area contributed by atoms with Gasteiger partial charge in [-0.2, -0.15) is 13.2 Å². The molecule has 2 aliphatic heterocycles. The van der Waals surface area contributed by atoms with E-state index in [0.29, 0.717) is 31.0 Å². The summed E-state index contributed by atoms with van der Waals surface area (Å²) < 4.78 is 49.6. The highest BCUT2D eigenvalue weighted by molar-refractivity contribution is 6.10. The number of aromatic nitrogens is 3. The van der Waals surface area contributed by atoms with E-state index < -0.39 is 17.6 Å². The molecule has 2 aliphatic rings. The maximum Gasteiger partial charge on any atom is 0.416 e. The summed E-state index contributed by atoms with van der Waals surface area (Å²) in [5.74, 6) is 0.433. The van der Waals surface area contributed by atoms with E-state index in [4.69, 9.17) is 4.74 Å². The normalized spacial score (nSPS) is 17.0. The Bertz CT molecular complexity index is 1340. The zero-order valence-corrected chi connectivity index (χ0v) is 22.0.